The highest BCUT2D eigenvalue weighted by Gasteiger charge is 2.14. The van der Waals surface area contributed by atoms with Gasteiger partial charge in [0.05, 0.1) is 11.3 Å². The van der Waals surface area contributed by atoms with Crippen LogP contribution in [0.1, 0.15) is 27.4 Å². The Balaban J connectivity index is 2.23. The molecular weight excluding hydrogens is 270 g/mol. The molecule has 0 aliphatic carbocycles. The molecule has 1 heterocycles. The van der Waals surface area contributed by atoms with Crippen molar-refractivity contribution in [2.24, 2.45) is 0 Å². The summed E-state index contributed by atoms with van der Waals surface area (Å²) < 4.78 is 10.5. The molecule has 6 heteroatoms. The standard InChI is InChI=1S/C13H12ClNO4/c1-7-11(8(2)19-15-7)6-18-12-4-3-9(14)5-10(12)13(16)17/h3-5H,6H2,1-2H3,(H,16,17). The Morgan fingerprint density at radius 2 is 2.21 bits per heavy atom. The molecule has 5 nitrogen and oxygen atoms in total. The first-order chi connectivity index (χ1) is 8.99. The summed E-state index contributed by atoms with van der Waals surface area (Å²) in [6, 6.07) is 4.47. The van der Waals surface area contributed by atoms with E-state index >= 15 is 0 Å². The van der Waals surface area contributed by atoms with Gasteiger partial charge in [0.1, 0.15) is 23.7 Å². The van der Waals surface area contributed by atoms with Crippen LogP contribution in [0.2, 0.25) is 5.02 Å². The Bertz CT molecular complexity index is 602. The molecule has 0 radical (unpaired) electrons. The summed E-state index contributed by atoms with van der Waals surface area (Å²) in [6.45, 7) is 3.77. The Morgan fingerprint density at radius 3 is 2.79 bits per heavy atom. The van der Waals surface area contributed by atoms with Gasteiger partial charge in [-0.05, 0) is 32.0 Å². The molecule has 0 aliphatic heterocycles. The summed E-state index contributed by atoms with van der Waals surface area (Å²) in [5.41, 5.74) is 1.56. The van der Waals surface area contributed by atoms with E-state index in [0.29, 0.717) is 10.8 Å². The van der Waals surface area contributed by atoms with Crippen LogP contribution in [-0.4, -0.2) is 16.2 Å². The number of carbonyl (C=O) groups is 1. The molecular formula is C13H12ClNO4. The van der Waals surface area contributed by atoms with E-state index in [2.05, 4.69) is 5.16 Å². The number of hydrogen-bond donors (Lipinski definition) is 1. The lowest BCUT2D eigenvalue weighted by atomic mass is 10.2. The quantitative estimate of drug-likeness (QED) is 0.931. The van der Waals surface area contributed by atoms with Crippen molar-refractivity contribution in [3.8, 4) is 5.75 Å². The zero-order chi connectivity index (χ0) is 14.0. The smallest absolute Gasteiger partial charge is 0.339 e. The third kappa shape index (κ3) is 2.88. The monoisotopic (exact) mass is 281 g/mol. The summed E-state index contributed by atoms with van der Waals surface area (Å²) in [6.07, 6.45) is 0. The van der Waals surface area contributed by atoms with Crippen LogP contribution in [0, 0.1) is 13.8 Å². The van der Waals surface area contributed by atoms with Crippen molar-refractivity contribution in [2.75, 3.05) is 0 Å². The summed E-state index contributed by atoms with van der Waals surface area (Å²) in [5, 5.41) is 13.2. The number of aromatic nitrogens is 1. The van der Waals surface area contributed by atoms with Gasteiger partial charge in [-0.1, -0.05) is 16.8 Å². The first-order valence-electron chi connectivity index (χ1n) is 5.56. The summed E-state index contributed by atoms with van der Waals surface area (Å²) in [4.78, 5) is 11.1. The number of halogens is 1. The number of hydrogen-bond acceptors (Lipinski definition) is 4. The molecule has 0 fully saturated rings. The normalized spacial score (nSPS) is 10.5. The molecule has 2 aromatic rings. The third-order valence-electron chi connectivity index (χ3n) is 2.73. The Kier molecular flexibility index (Phi) is 3.76. The Hall–Kier alpha value is -2.01. The first kappa shape index (κ1) is 13.4. The molecule has 0 unspecified atom stereocenters. The van der Waals surface area contributed by atoms with Gasteiger partial charge in [-0.25, -0.2) is 4.79 Å². The number of aromatic carboxylic acids is 1. The molecule has 100 valence electrons. The summed E-state index contributed by atoms with van der Waals surface area (Å²) in [5.74, 6) is -0.170. The molecule has 2 rings (SSSR count). The minimum Gasteiger partial charge on any atom is -0.488 e. The molecule has 1 aromatic heterocycles. The topological polar surface area (TPSA) is 72.6 Å². The van der Waals surface area contributed by atoms with Crippen LogP contribution < -0.4 is 4.74 Å². The average Bonchev–Trinajstić information content (AvgIpc) is 2.68. The van der Waals surface area contributed by atoms with Gasteiger partial charge in [-0.15, -0.1) is 0 Å². The van der Waals surface area contributed by atoms with Gasteiger partial charge in [0.25, 0.3) is 0 Å². The van der Waals surface area contributed by atoms with Crippen LogP contribution in [-0.2, 0) is 6.61 Å². The number of carboxylic acid groups (broad SMARTS) is 1. The number of carboxylic acids is 1. The minimum atomic E-state index is -1.09. The van der Waals surface area contributed by atoms with Gasteiger partial charge in [-0.3, -0.25) is 0 Å². The van der Waals surface area contributed by atoms with E-state index < -0.39 is 5.97 Å². The van der Waals surface area contributed by atoms with Crippen molar-refractivity contribution in [3.63, 3.8) is 0 Å². The fourth-order valence-corrected chi connectivity index (χ4v) is 1.83. The van der Waals surface area contributed by atoms with Crippen LogP contribution in [0.25, 0.3) is 0 Å². The van der Waals surface area contributed by atoms with E-state index in [1.165, 1.54) is 12.1 Å². The van der Waals surface area contributed by atoms with Gasteiger partial charge in [0.2, 0.25) is 0 Å². The largest absolute Gasteiger partial charge is 0.488 e. The van der Waals surface area contributed by atoms with Crippen molar-refractivity contribution in [1.82, 2.24) is 5.16 Å². The van der Waals surface area contributed by atoms with Crippen molar-refractivity contribution in [2.45, 2.75) is 20.5 Å². The molecule has 1 aromatic carbocycles. The van der Waals surface area contributed by atoms with E-state index in [0.717, 1.165) is 11.3 Å². The number of ether oxygens (including phenoxy) is 1. The highest BCUT2D eigenvalue weighted by atomic mass is 35.5. The molecule has 0 amide bonds. The highest BCUT2D eigenvalue weighted by Crippen LogP contribution is 2.24. The van der Waals surface area contributed by atoms with Gasteiger partial charge in [-0.2, -0.15) is 0 Å². The van der Waals surface area contributed by atoms with E-state index in [-0.39, 0.29) is 17.9 Å². The number of rotatable bonds is 4. The molecule has 19 heavy (non-hydrogen) atoms. The lowest BCUT2D eigenvalue weighted by Crippen LogP contribution is -2.04. The van der Waals surface area contributed by atoms with Crippen LogP contribution in [0.5, 0.6) is 5.75 Å². The second kappa shape index (κ2) is 5.32. The van der Waals surface area contributed by atoms with Gasteiger partial charge >= 0.3 is 5.97 Å². The predicted molar refractivity (Wildman–Crippen MR) is 68.7 cm³/mol. The molecule has 0 aliphatic rings. The molecule has 0 saturated heterocycles. The lowest BCUT2D eigenvalue weighted by molar-refractivity contribution is 0.0692. The fourth-order valence-electron chi connectivity index (χ4n) is 1.65. The zero-order valence-corrected chi connectivity index (χ0v) is 11.2. The Labute approximate surface area is 114 Å². The molecule has 1 N–H and O–H groups in total. The maximum absolute atomic E-state index is 11.1. The minimum absolute atomic E-state index is 0.0271. The molecule has 0 saturated carbocycles. The van der Waals surface area contributed by atoms with Gasteiger partial charge in [0.15, 0.2) is 0 Å². The maximum atomic E-state index is 11.1. The average molecular weight is 282 g/mol. The summed E-state index contributed by atoms with van der Waals surface area (Å²) >= 11 is 5.77. The Morgan fingerprint density at radius 1 is 1.47 bits per heavy atom. The second-order valence-electron chi connectivity index (χ2n) is 4.04. The van der Waals surface area contributed by atoms with E-state index in [4.69, 9.17) is 26.0 Å². The second-order valence-corrected chi connectivity index (χ2v) is 4.47. The maximum Gasteiger partial charge on any atom is 0.339 e. The SMILES string of the molecule is Cc1noc(C)c1COc1ccc(Cl)cc1C(=O)O. The van der Waals surface area contributed by atoms with Crippen molar-refractivity contribution < 1.29 is 19.2 Å². The van der Waals surface area contributed by atoms with Crippen molar-refractivity contribution >= 4 is 17.6 Å². The van der Waals surface area contributed by atoms with Gasteiger partial charge < -0.3 is 14.4 Å². The molecule has 0 spiro atoms. The van der Waals surface area contributed by atoms with E-state index in [9.17, 15) is 4.79 Å². The van der Waals surface area contributed by atoms with Crippen molar-refractivity contribution in [1.29, 1.82) is 0 Å². The zero-order valence-electron chi connectivity index (χ0n) is 10.4. The van der Waals surface area contributed by atoms with Gasteiger partial charge in [0, 0.05) is 5.02 Å². The van der Waals surface area contributed by atoms with E-state index in [1.807, 2.05) is 0 Å². The first-order valence-corrected chi connectivity index (χ1v) is 5.94. The molecule has 0 bridgehead atoms. The highest BCUT2D eigenvalue weighted by molar-refractivity contribution is 6.31. The summed E-state index contributed by atoms with van der Waals surface area (Å²) in [7, 11) is 0. The number of aryl methyl sites for hydroxylation is 2. The number of nitrogens with zero attached hydrogens (tertiary/aromatic N) is 1. The van der Waals surface area contributed by atoms with Crippen LogP contribution in [0.15, 0.2) is 22.7 Å². The van der Waals surface area contributed by atoms with Crippen LogP contribution in [0.3, 0.4) is 0 Å². The third-order valence-corrected chi connectivity index (χ3v) is 2.96. The molecule has 0 atom stereocenters. The van der Waals surface area contributed by atoms with E-state index in [1.54, 1.807) is 19.9 Å². The van der Waals surface area contributed by atoms with Crippen LogP contribution >= 0.6 is 11.6 Å². The number of benzene rings is 1. The fraction of sp³-hybridized carbons (Fsp3) is 0.231. The van der Waals surface area contributed by atoms with Crippen molar-refractivity contribution in [3.05, 3.63) is 45.8 Å². The lowest BCUT2D eigenvalue weighted by Gasteiger charge is -2.09. The van der Waals surface area contributed by atoms with Crippen LogP contribution in [0.4, 0.5) is 0 Å². The predicted octanol–water partition coefficient (Wildman–Crippen LogP) is 3.22.